The van der Waals surface area contributed by atoms with Crippen molar-refractivity contribution in [1.82, 2.24) is 29.3 Å². The summed E-state index contributed by atoms with van der Waals surface area (Å²) < 4.78 is 29.3. The molecule has 6 rings (SSSR count). The Morgan fingerprint density at radius 2 is 2.02 bits per heavy atom. The van der Waals surface area contributed by atoms with Crippen molar-refractivity contribution in [1.29, 1.82) is 0 Å². The zero-order valence-corrected chi connectivity index (χ0v) is 22.7. The third-order valence-corrected chi connectivity index (χ3v) is 7.15. The number of nitrogens with zero attached hydrogens (tertiary/aromatic N) is 6. The molecule has 5 aromatic rings. The van der Waals surface area contributed by atoms with Crippen molar-refractivity contribution >= 4 is 17.1 Å². The summed E-state index contributed by atoms with van der Waals surface area (Å²) in [6.07, 6.45) is 3.42. The fourth-order valence-corrected chi connectivity index (χ4v) is 4.86. The quantitative estimate of drug-likeness (QED) is 0.259. The summed E-state index contributed by atoms with van der Waals surface area (Å²) in [5.74, 6) is 0.326. The molecule has 1 fully saturated rings. The van der Waals surface area contributed by atoms with E-state index in [1.54, 1.807) is 22.9 Å². The Labute approximate surface area is 235 Å². The van der Waals surface area contributed by atoms with Gasteiger partial charge in [-0.1, -0.05) is 25.1 Å². The van der Waals surface area contributed by atoms with Crippen LogP contribution in [0.25, 0.3) is 17.0 Å². The van der Waals surface area contributed by atoms with Crippen LogP contribution in [-0.2, 0) is 24.3 Å². The number of halogens is 1. The number of aromatic nitrogens is 6. The van der Waals surface area contributed by atoms with Crippen LogP contribution in [0, 0.1) is 12.7 Å². The summed E-state index contributed by atoms with van der Waals surface area (Å²) >= 11 is 0. The maximum atomic E-state index is 14.2. The fourth-order valence-electron chi connectivity index (χ4n) is 4.86. The largest absolute Gasteiger partial charge is 0.477 e. The van der Waals surface area contributed by atoms with Crippen LogP contribution < -0.4 is 4.74 Å². The van der Waals surface area contributed by atoms with Crippen molar-refractivity contribution in [2.45, 2.75) is 51.9 Å². The van der Waals surface area contributed by atoms with E-state index in [2.05, 4.69) is 16.9 Å². The van der Waals surface area contributed by atoms with Gasteiger partial charge in [-0.05, 0) is 49.2 Å². The molecular weight excluding hydrogens is 527 g/mol. The maximum absolute atomic E-state index is 14.2. The van der Waals surface area contributed by atoms with E-state index in [-0.39, 0.29) is 30.1 Å². The van der Waals surface area contributed by atoms with Crippen LogP contribution in [0.1, 0.15) is 52.4 Å². The predicted octanol–water partition coefficient (Wildman–Crippen LogP) is 4.87. The molecule has 0 bridgehead atoms. The lowest BCUT2D eigenvalue weighted by molar-refractivity contribution is -0.0591. The molecule has 10 nitrogen and oxygen atoms in total. The van der Waals surface area contributed by atoms with Gasteiger partial charge in [-0.25, -0.2) is 23.8 Å². The first-order valence-corrected chi connectivity index (χ1v) is 13.5. The zero-order chi connectivity index (χ0) is 28.5. The van der Waals surface area contributed by atoms with Crippen LogP contribution in [0.3, 0.4) is 0 Å². The first-order chi connectivity index (χ1) is 19.8. The number of fused-ring (bicyclic) bond motifs is 1. The molecule has 41 heavy (non-hydrogen) atoms. The van der Waals surface area contributed by atoms with E-state index in [4.69, 9.17) is 19.6 Å². The molecule has 1 N–H and O–H groups in total. The van der Waals surface area contributed by atoms with Crippen LogP contribution in [-0.4, -0.2) is 53.1 Å². The Morgan fingerprint density at radius 1 is 1.17 bits per heavy atom. The molecule has 1 saturated heterocycles. The molecule has 5 heterocycles. The summed E-state index contributed by atoms with van der Waals surface area (Å²) in [7, 11) is 0. The second kappa shape index (κ2) is 11.1. The van der Waals surface area contributed by atoms with Crippen LogP contribution in [0.5, 0.6) is 5.88 Å². The SMILES string of the molecule is Cc1ccc(COc2cccc(-n3ccc(CC(C)c4nc5ccc(C(=O)O)nc5n4CC4CCO4)n3)n2)c(F)c1. The van der Waals surface area contributed by atoms with Gasteiger partial charge in [0.2, 0.25) is 5.88 Å². The van der Waals surface area contributed by atoms with Crippen molar-refractivity contribution in [2.24, 2.45) is 0 Å². The number of aromatic carboxylic acids is 1. The van der Waals surface area contributed by atoms with Gasteiger partial charge >= 0.3 is 5.97 Å². The van der Waals surface area contributed by atoms with Crippen molar-refractivity contribution in [3.8, 4) is 11.7 Å². The van der Waals surface area contributed by atoms with Crippen molar-refractivity contribution < 1.29 is 23.8 Å². The Morgan fingerprint density at radius 3 is 2.78 bits per heavy atom. The number of aryl methyl sites for hydroxylation is 1. The standard InChI is InChI=1S/C30H29FN6O4/c1-18-6-7-20(23(31)14-18)17-41-27-5-3-4-26(34-27)37-12-10-21(35-37)15-19(2)28-32-24-8-9-25(30(38)39)33-29(24)36(28)16-22-11-13-40-22/h3-10,12,14,19,22H,11,13,15-17H2,1-2H3,(H,38,39). The molecule has 0 aliphatic carbocycles. The van der Waals surface area contributed by atoms with Gasteiger partial charge in [0, 0.05) is 36.8 Å². The van der Waals surface area contributed by atoms with Gasteiger partial charge in [0.05, 0.1) is 18.3 Å². The lowest BCUT2D eigenvalue weighted by Gasteiger charge is -2.28. The molecular formula is C30H29FN6O4. The number of hydrogen-bond acceptors (Lipinski definition) is 7. The van der Waals surface area contributed by atoms with E-state index < -0.39 is 5.97 Å². The van der Waals surface area contributed by atoms with Gasteiger partial charge in [0.15, 0.2) is 17.2 Å². The van der Waals surface area contributed by atoms with Crippen molar-refractivity contribution in [2.75, 3.05) is 6.61 Å². The third kappa shape index (κ3) is 5.66. The minimum Gasteiger partial charge on any atom is -0.477 e. The Hall–Kier alpha value is -4.64. The van der Waals surface area contributed by atoms with Gasteiger partial charge in [0.25, 0.3) is 0 Å². The van der Waals surface area contributed by atoms with Crippen LogP contribution in [0.2, 0.25) is 0 Å². The highest BCUT2D eigenvalue weighted by Crippen LogP contribution is 2.27. The average molecular weight is 557 g/mol. The van der Waals surface area contributed by atoms with Gasteiger partial charge in [-0.3, -0.25) is 0 Å². The molecule has 210 valence electrons. The number of rotatable bonds is 10. The average Bonchev–Trinajstić information content (AvgIpc) is 3.54. The smallest absolute Gasteiger partial charge is 0.354 e. The normalized spacial score (nSPS) is 15.5. The number of ether oxygens (including phenoxy) is 2. The highest BCUT2D eigenvalue weighted by atomic mass is 19.1. The molecule has 0 amide bonds. The lowest BCUT2D eigenvalue weighted by Crippen LogP contribution is -2.32. The topological polar surface area (TPSA) is 117 Å². The summed E-state index contributed by atoms with van der Waals surface area (Å²) in [4.78, 5) is 25.3. The monoisotopic (exact) mass is 556 g/mol. The molecule has 2 unspecified atom stereocenters. The number of benzene rings is 1. The Bertz CT molecular complexity index is 1730. The number of carboxylic acid groups (broad SMARTS) is 1. The number of pyridine rings is 2. The van der Waals surface area contributed by atoms with Crippen molar-refractivity contribution in [3.05, 3.63) is 95.0 Å². The van der Waals surface area contributed by atoms with E-state index in [9.17, 15) is 14.3 Å². The Balaban J connectivity index is 1.19. The van der Waals surface area contributed by atoms with Crippen LogP contribution in [0.4, 0.5) is 4.39 Å². The summed E-state index contributed by atoms with van der Waals surface area (Å²) in [6.45, 7) is 5.25. The summed E-state index contributed by atoms with van der Waals surface area (Å²) in [6, 6.07) is 15.5. The number of carbonyl (C=O) groups is 1. The maximum Gasteiger partial charge on any atom is 0.354 e. The van der Waals surface area contributed by atoms with E-state index in [0.717, 1.165) is 30.1 Å². The fraction of sp³-hybridized carbons (Fsp3) is 0.300. The van der Waals surface area contributed by atoms with Crippen LogP contribution >= 0.6 is 0 Å². The predicted molar refractivity (Wildman–Crippen MR) is 148 cm³/mol. The van der Waals surface area contributed by atoms with E-state index in [0.29, 0.717) is 41.4 Å². The molecule has 11 heteroatoms. The third-order valence-electron chi connectivity index (χ3n) is 7.15. The van der Waals surface area contributed by atoms with E-state index in [1.807, 2.05) is 42.0 Å². The van der Waals surface area contributed by atoms with Gasteiger partial charge in [0.1, 0.15) is 23.8 Å². The second-order valence-corrected chi connectivity index (χ2v) is 10.3. The van der Waals surface area contributed by atoms with Gasteiger partial charge < -0.3 is 19.1 Å². The second-order valence-electron chi connectivity index (χ2n) is 10.3. The lowest BCUT2D eigenvalue weighted by atomic mass is 10.0. The molecule has 2 atom stereocenters. The van der Waals surface area contributed by atoms with Gasteiger partial charge in [-0.2, -0.15) is 10.1 Å². The molecule has 4 aromatic heterocycles. The van der Waals surface area contributed by atoms with E-state index in [1.165, 1.54) is 12.1 Å². The summed E-state index contributed by atoms with van der Waals surface area (Å²) in [5.41, 5.74) is 3.32. The molecule has 0 spiro atoms. The molecule has 1 aliphatic heterocycles. The van der Waals surface area contributed by atoms with Crippen LogP contribution in [0.15, 0.2) is 60.8 Å². The first kappa shape index (κ1) is 26.6. The highest BCUT2D eigenvalue weighted by Gasteiger charge is 2.25. The minimum absolute atomic E-state index is 0.0196. The number of carboxylic acids is 1. The summed E-state index contributed by atoms with van der Waals surface area (Å²) in [5, 5.41) is 14.2. The van der Waals surface area contributed by atoms with E-state index >= 15 is 0 Å². The number of imidazole rings is 1. The molecule has 0 radical (unpaired) electrons. The minimum atomic E-state index is -1.08. The van der Waals surface area contributed by atoms with Crippen molar-refractivity contribution in [3.63, 3.8) is 0 Å². The molecule has 1 aromatic carbocycles. The Kier molecular flexibility index (Phi) is 7.19. The molecule has 0 saturated carbocycles. The highest BCUT2D eigenvalue weighted by molar-refractivity contribution is 5.88. The first-order valence-electron chi connectivity index (χ1n) is 13.5. The zero-order valence-electron chi connectivity index (χ0n) is 22.7. The molecule has 1 aliphatic rings. The van der Waals surface area contributed by atoms with Gasteiger partial charge in [-0.15, -0.1) is 0 Å². The number of hydrogen-bond donors (Lipinski definition) is 1.